The molecule has 17 heavy (non-hydrogen) atoms. The maximum atomic E-state index is 3.64. The van der Waals surface area contributed by atoms with Crippen LogP contribution in [0.2, 0.25) is 0 Å². The zero-order valence-corrected chi connectivity index (χ0v) is 12.4. The Morgan fingerprint density at radius 3 is 2.59 bits per heavy atom. The molecule has 0 aromatic carbocycles. The molecule has 0 amide bonds. The van der Waals surface area contributed by atoms with E-state index in [-0.39, 0.29) is 0 Å². The highest BCUT2D eigenvalue weighted by atomic mass is 32.1. The molecule has 1 N–H and O–H groups in total. The van der Waals surface area contributed by atoms with Gasteiger partial charge in [-0.1, -0.05) is 19.9 Å². The Morgan fingerprint density at radius 2 is 2.06 bits per heavy atom. The van der Waals surface area contributed by atoms with Crippen molar-refractivity contribution in [2.24, 2.45) is 0 Å². The molecule has 0 radical (unpaired) electrons. The van der Waals surface area contributed by atoms with Crippen LogP contribution in [0.1, 0.15) is 38.5 Å². The van der Waals surface area contributed by atoms with Crippen LogP contribution in [0.4, 0.5) is 0 Å². The Kier molecular flexibility index (Phi) is 6.78. The normalized spacial score (nSPS) is 13.5. The van der Waals surface area contributed by atoms with Crippen molar-refractivity contribution in [1.82, 2.24) is 10.2 Å². The van der Waals surface area contributed by atoms with Gasteiger partial charge >= 0.3 is 0 Å². The van der Waals surface area contributed by atoms with Crippen molar-refractivity contribution in [3.8, 4) is 0 Å². The van der Waals surface area contributed by atoms with Crippen LogP contribution in [0.25, 0.3) is 0 Å². The van der Waals surface area contributed by atoms with E-state index >= 15 is 0 Å². The fourth-order valence-electron chi connectivity index (χ4n) is 1.87. The van der Waals surface area contributed by atoms with E-state index in [0.29, 0.717) is 12.1 Å². The van der Waals surface area contributed by atoms with E-state index in [4.69, 9.17) is 0 Å². The molecule has 0 spiro atoms. The van der Waals surface area contributed by atoms with Crippen molar-refractivity contribution >= 4 is 11.3 Å². The van der Waals surface area contributed by atoms with Crippen molar-refractivity contribution in [1.29, 1.82) is 0 Å². The Labute approximate surface area is 110 Å². The summed E-state index contributed by atoms with van der Waals surface area (Å²) in [6.07, 6.45) is 2.44. The number of likely N-dealkylation sites (N-methyl/N-ethyl adjacent to an activating group) is 1. The molecular weight excluding hydrogens is 228 g/mol. The first kappa shape index (κ1) is 14.7. The average molecular weight is 254 g/mol. The molecule has 0 aliphatic rings. The molecule has 1 heterocycles. The van der Waals surface area contributed by atoms with Gasteiger partial charge in [0.15, 0.2) is 0 Å². The predicted molar refractivity (Wildman–Crippen MR) is 77.6 cm³/mol. The smallest absolute Gasteiger partial charge is 0.0328 e. The first-order valence-corrected chi connectivity index (χ1v) is 7.51. The lowest BCUT2D eigenvalue weighted by Gasteiger charge is -2.26. The van der Waals surface area contributed by atoms with Crippen LogP contribution in [0.3, 0.4) is 0 Å². The third kappa shape index (κ3) is 5.19. The number of thiophene rings is 1. The van der Waals surface area contributed by atoms with Crippen molar-refractivity contribution in [3.05, 3.63) is 22.4 Å². The summed E-state index contributed by atoms with van der Waals surface area (Å²) in [4.78, 5) is 3.86. The molecule has 1 rings (SSSR count). The van der Waals surface area contributed by atoms with Crippen LogP contribution >= 0.6 is 11.3 Å². The second kappa shape index (κ2) is 7.85. The molecule has 0 saturated carbocycles. The zero-order chi connectivity index (χ0) is 12.7. The SMILES string of the molecule is CCC(CC)NCC(C)N(C)Cc1cccs1. The van der Waals surface area contributed by atoms with Gasteiger partial charge < -0.3 is 5.32 Å². The molecule has 1 aromatic rings. The first-order chi connectivity index (χ1) is 8.17. The Hall–Kier alpha value is -0.380. The first-order valence-electron chi connectivity index (χ1n) is 6.63. The standard InChI is InChI=1S/C14H26N2S/c1-5-13(6-2)15-10-12(3)16(4)11-14-8-7-9-17-14/h7-9,12-13,15H,5-6,10-11H2,1-4H3. The van der Waals surface area contributed by atoms with Gasteiger partial charge in [-0.05, 0) is 38.3 Å². The molecule has 1 aromatic heterocycles. The minimum atomic E-state index is 0.581. The fraction of sp³-hybridized carbons (Fsp3) is 0.714. The van der Waals surface area contributed by atoms with Gasteiger partial charge in [-0.2, -0.15) is 0 Å². The monoisotopic (exact) mass is 254 g/mol. The van der Waals surface area contributed by atoms with Crippen molar-refractivity contribution in [2.45, 2.75) is 52.2 Å². The molecule has 0 fully saturated rings. The lowest BCUT2D eigenvalue weighted by molar-refractivity contribution is 0.237. The van der Waals surface area contributed by atoms with Gasteiger partial charge in [-0.3, -0.25) is 4.90 Å². The Bertz CT molecular complexity index is 280. The van der Waals surface area contributed by atoms with E-state index in [1.165, 1.54) is 17.7 Å². The van der Waals surface area contributed by atoms with Crippen LogP contribution in [0.15, 0.2) is 17.5 Å². The number of nitrogens with one attached hydrogen (secondary N) is 1. The van der Waals surface area contributed by atoms with Crippen LogP contribution in [0.5, 0.6) is 0 Å². The Balaban J connectivity index is 2.29. The second-order valence-electron chi connectivity index (χ2n) is 4.77. The minimum Gasteiger partial charge on any atom is -0.312 e. The van der Waals surface area contributed by atoms with Crippen molar-refractivity contribution in [2.75, 3.05) is 13.6 Å². The molecule has 3 heteroatoms. The van der Waals surface area contributed by atoms with Crippen molar-refractivity contribution < 1.29 is 0 Å². The summed E-state index contributed by atoms with van der Waals surface area (Å²) in [5.74, 6) is 0. The highest BCUT2D eigenvalue weighted by Crippen LogP contribution is 2.12. The zero-order valence-electron chi connectivity index (χ0n) is 11.6. The van der Waals surface area contributed by atoms with Gasteiger partial charge in [-0.15, -0.1) is 11.3 Å². The van der Waals surface area contributed by atoms with E-state index < -0.39 is 0 Å². The lowest BCUT2D eigenvalue weighted by atomic mass is 10.1. The fourth-order valence-corrected chi connectivity index (χ4v) is 2.64. The van der Waals surface area contributed by atoms with E-state index in [9.17, 15) is 0 Å². The van der Waals surface area contributed by atoms with E-state index in [1.807, 2.05) is 11.3 Å². The van der Waals surface area contributed by atoms with Crippen LogP contribution < -0.4 is 5.32 Å². The number of hydrogen-bond donors (Lipinski definition) is 1. The molecular formula is C14H26N2S. The molecule has 0 aliphatic heterocycles. The van der Waals surface area contributed by atoms with Crippen LogP contribution in [0, 0.1) is 0 Å². The molecule has 0 saturated heterocycles. The maximum Gasteiger partial charge on any atom is 0.0328 e. The highest BCUT2D eigenvalue weighted by molar-refractivity contribution is 7.09. The molecule has 1 atom stereocenters. The summed E-state index contributed by atoms with van der Waals surface area (Å²) in [5.41, 5.74) is 0. The van der Waals surface area contributed by atoms with Gasteiger partial charge in [-0.25, -0.2) is 0 Å². The largest absolute Gasteiger partial charge is 0.312 e. The second-order valence-corrected chi connectivity index (χ2v) is 5.80. The highest BCUT2D eigenvalue weighted by Gasteiger charge is 2.11. The molecule has 98 valence electrons. The van der Waals surface area contributed by atoms with Crippen LogP contribution in [-0.4, -0.2) is 30.6 Å². The van der Waals surface area contributed by atoms with Gasteiger partial charge in [0.1, 0.15) is 0 Å². The maximum absolute atomic E-state index is 3.64. The quantitative estimate of drug-likeness (QED) is 0.765. The van der Waals surface area contributed by atoms with Crippen molar-refractivity contribution in [3.63, 3.8) is 0 Å². The predicted octanol–water partition coefficient (Wildman–Crippen LogP) is 3.35. The summed E-state index contributed by atoms with van der Waals surface area (Å²) < 4.78 is 0. The third-order valence-electron chi connectivity index (χ3n) is 3.43. The minimum absolute atomic E-state index is 0.581. The van der Waals surface area contributed by atoms with Gasteiger partial charge in [0.2, 0.25) is 0 Å². The van der Waals surface area contributed by atoms with E-state index in [1.54, 1.807) is 0 Å². The third-order valence-corrected chi connectivity index (χ3v) is 4.29. The molecule has 0 aliphatic carbocycles. The van der Waals surface area contributed by atoms with Gasteiger partial charge in [0.05, 0.1) is 0 Å². The van der Waals surface area contributed by atoms with Gasteiger partial charge in [0.25, 0.3) is 0 Å². The van der Waals surface area contributed by atoms with E-state index in [0.717, 1.165) is 13.1 Å². The average Bonchev–Trinajstić information content (AvgIpc) is 2.82. The summed E-state index contributed by atoms with van der Waals surface area (Å²) in [7, 11) is 2.21. The van der Waals surface area contributed by atoms with E-state index in [2.05, 4.69) is 55.5 Å². The topological polar surface area (TPSA) is 15.3 Å². The number of rotatable bonds is 8. The lowest BCUT2D eigenvalue weighted by Crippen LogP contribution is -2.41. The molecule has 1 unspecified atom stereocenters. The number of hydrogen-bond acceptors (Lipinski definition) is 3. The summed E-state index contributed by atoms with van der Waals surface area (Å²) >= 11 is 1.84. The summed E-state index contributed by atoms with van der Waals surface area (Å²) in [6.45, 7) is 8.93. The van der Waals surface area contributed by atoms with Crippen LogP contribution in [-0.2, 0) is 6.54 Å². The summed E-state index contributed by atoms with van der Waals surface area (Å²) in [6, 6.07) is 5.59. The molecule has 2 nitrogen and oxygen atoms in total. The number of nitrogens with zero attached hydrogens (tertiary/aromatic N) is 1. The Morgan fingerprint density at radius 1 is 1.35 bits per heavy atom. The molecule has 0 bridgehead atoms. The van der Waals surface area contributed by atoms with Gasteiger partial charge in [0, 0.05) is 30.1 Å². The summed E-state index contributed by atoms with van der Waals surface area (Å²) in [5, 5.41) is 5.79.